The number of aliphatic imine (C=N–C) groups is 1. The Balaban J connectivity index is 1.62. The minimum Gasteiger partial charge on any atom is -0.345 e. The quantitative estimate of drug-likeness (QED) is 0.601. The Bertz CT molecular complexity index is 890. The molecule has 2 fully saturated rings. The zero-order valence-electron chi connectivity index (χ0n) is 15.1. The van der Waals surface area contributed by atoms with E-state index in [0.717, 1.165) is 62.3 Å². The van der Waals surface area contributed by atoms with Crippen LogP contribution >= 0.6 is 0 Å². The fourth-order valence-electron chi connectivity index (χ4n) is 4.13. The second-order valence-corrected chi connectivity index (χ2v) is 7.03. The van der Waals surface area contributed by atoms with Crippen LogP contribution in [0.2, 0.25) is 0 Å². The van der Waals surface area contributed by atoms with Gasteiger partial charge < -0.3 is 14.8 Å². The molecule has 0 bridgehead atoms. The first-order chi connectivity index (χ1) is 12.7. The molecule has 1 unspecified atom stereocenters. The van der Waals surface area contributed by atoms with Crippen LogP contribution in [0.1, 0.15) is 25.7 Å². The van der Waals surface area contributed by atoms with Crippen molar-refractivity contribution in [1.29, 1.82) is 5.41 Å². The first-order valence-corrected chi connectivity index (χ1v) is 9.29. The highest BCUT2D eigenvalue weighted by Crippen LogP contribution is 2.22. The zero-order chi connectivity index (χ0) is 18.1. The first-order valence-electron chi connectivity index (χ1n) is 9.29. The molecule has 2 amide bonds. The van der Waals surface area contributed by atoms with Crippen LogP contribution in [0.4, 0.5) is 4.79 Å². The van der Waals surface area contributed by atoms with Crippen LogP contribution in [0, 0.1) is 11.3 Å². The van der Waals surface area contributed by atoms with Gasteiger partial charge in [-0.25, -0.2) is 9.78 Å². The molecule has 2 aliphatic heterocycles. The summed E-state index contributed by atoms with van der Waals surface area (Å²) in [5.41, 5.74) is 1.89. The molecular formula is C18H25N7O. The van der Waals surface area contributed by atoms with E-state index in [1.165, 1.54) is 0 Å². The minimum atomic E-state index is 0.120. The van der Waals surface area contributed by atoms with Crippen LogP contribution in [-0.4, -0.2) is 69.4 Å². The highest BCUT2D eigenvalue weighted by molar-refractivity contribution is 5.94. The van der Waals surface area contributed by atoms with E-state index in [2.05, 4.69) is 15.0 Å². The smallest absolute Gasteiger partial charge is 0.320 e. The van der Waals surface area contributed by atoms with Crippen LogP contribution in [-0.2, 0) is 0 Å². The van der Waals surface area contributed by atoms with E-state index in [1.807, 2.05) is 26.6 Å². The number of amides is 2. The molecule has 1 atom stereocenters. The third-order valence-corrected chi connectivity index (χ3v) is 5.39. The number of rotatable bonds is 1. The van der Waals surface area contributed by atoms with Crippen LogP contribution in [0.15, 0.2) is 23.5 Å². The van der Waals surface area contributed by atoms with Gasteiger partial charge in [-0.05, 0) is 31.7 Å². The Hall–Kier alpha value is -2.64. The van der Waals surface area contributed by atoms with Gasteiger partial charge in [0.05, 0.1) is 11.7 Å². The van der Waals surface area contributed by atoms with Gasteiger partial charge in [0.15, 0.2) is 5.65 Å². The molecule has 2 aromatic rings. The third-order valence-electron chi connectivity index (χ3n) is 5.39. The lowest BCUT2D eigenvalue weighted by Gasteiger charge is -2.36. The van der Waals surface area contributed by atoms with Crippen molar-refractivity contribution in [1.82, 2.24) is 24.3 Å². The molecule has 2 aromatic heterocycles. The maximum absolute atomic E-state index is 12.8. The van der Waals surface area contributed by atoms with Gasteiger partial charge in [-0.15, -0.1) is 0 Å². The summed E-state index contributed by atoms with van der Waals surface area (Å²) in [5, 5.41) is 8.33. The standard InChI is InChI=1S/C18H25N7O/c1-20-17(25-14-6-7-21-16(14)22-11-15(25)19)13-5-4-10-24(12-13)18(26)23-8-2-3-9-23/h6-7,11,13,19,21H,2-5,8-10,12H2,1H3. The van der Waals surface area contributed by atoms with E-state index in [4.69, 9.17) is 5.41 Å². The van der Waals surface area contributed by atoms with Gasteiger partial charge in [0.1, 0.15) is 11.3 Å². The second-order valence-electron chi connectivity index (χ2n) is 7.03. The summed E-state index contributed by atoms with van der Waals surface area (Å²) in [4.78, 5) is 28.6. The number of carbonyl (C=O) groups excluding carboxylic acids is 1. The number of carbonyl (C=O) groups is 1. The van der Waals surface area contributed by atoms with Crippen LogP contribution in [0.25, 0.3) is 11.2 Å². The van der Waals surface area contributed by atoms with Crippen molar-refractivity contribution in [2.45, 2.75) is 25.7 Å². The molecule has 2 aliphatic rings. The van der Waals surface area contributed by atoms with E-state index in [1.54, 1.807) is 13.2 Å². The van der Waals surface area contributed by atoms with E-state index in [-0.39, 0.29) is 11.9 Å². The van der Waals surface area contributed by atoms with Crippen LogP contribution in [0.5, 0.6) is 0 Å². The van der Waals surface area contributed by atoms with E-state index in [0.29, 0.717) is 12.0 Å². The largest absolute Gasteiger partial charge is 0.345 e. The summed E-state index contributed by atoms with van der Waals surface area (Å²) >= 11 is 0. The van der Waals surface area contributed by atoms with Crippen molar-refractivity contribution in [3.8, 4) is 0 Å². The molecule has 8 heteroatoms. The number of aromatic amines is 1. The molecule has 8 nitrogen and oxygen atoms in total. The maximum Gasteiger partial charge on any atom is 0.320 e. The van der Waals surface area contributed by atoms with Gasteiger partial charge in [-0.1, -0.05) is 0 Å². The number of nitrogens with one attached hydrogen (secondary N) is 2. The Morgan fingerprint density at radius 2 is 2.04 bits per heavy atom. The molecule has 0 saturated carbocycles. The summed E-state index contributed by atoms with van der Waals surface area (Å²) in [6.45, 7) is 3.20. The highest BCUT2D eigenvalue weighted by Gasteiger charge is 2.31. The number of H-pyrrole nitrogens is 1. The Morgan fingerprint density at radius 3 is 2.81 bits per heavy atom. The number of aromatic nitrogens is 3. The monoisotopic (exact) mass is 355 g/mol. The number of urea groups is 1. The fraction of sp³-hybridized carbons (Fsp3) is 0.556. The summed E-state index contributed by atoms with van der Waals surface area (Å²) < 4.78 is 1.85. The molecule has 0 spiro atoms. The van der Waals surface area contributed by atoms with Gasteiger partial charge in [0.25, 0.3) is 0 Å². The SMILES string of the molecule is CN=C(C1CCCN(C(=O)N2CCCC2)C1)n1c(=N)cnc2[nH]ccc21. The Morgan fingerprint density at radius 1 is 1.27 bits per heavy atom. The molecular weight excluding hydrogens is 330 g/mol. The highest BCUT2D eigenvalue weighted by atomic mass is 16.2. The second kappa shape index (κ2) is 6.93. The lowest BCUT2D eigenvalue weighted by molar-refractivity contribution is 0.145. The van der Waals surface area contributed by atoms with Gasteiger partial charge in [-0.3, -0.25) is 15.0 Å². The molecule has 2 saturated heterocycles. The van der Waals surface area contributed by atoms with Crippen LogP contribution in [0.3, 0.4) is 0 Å². The number of piperidine rings is 1. The van der Waals surface area contributed by atoms with Crippen molar-refractivity contribution in [2.75, 3.05) is 33.2 Å². The number of hydrogen-bond donors (Lipinski definition) is 2. The fourth-order valence-corrected chi connectivity index (χ4v) is 4.13. The van der Waals surface area contributed by atoms with Gasteiger partial charge >= 0.3 is 6.03 Å². The number of nitrogens with zero attached hydrogens (tertiary/aromatic N) is 5. The molecule has 138 valence electrons. The van der Waals surface area contributed by atoms with Crippen molar-refractivity contribution >= 4 is 23.0 Å². The lowest BCUT2D eigenvalue weighted by atomic mass is 9.96. The molecule has 0 radical (unpaired) electrons. The van der Waals surface area contributed by atoms with Crippen molar-refractivity contribution in [3.05, 3.63) is 23.9 Å². The van der Waals surface area contributed by atoms with Crippen molar-refractivity contribution in [3.63, 3.8) is 0 Å². The van der Waals surface area contributed by atoms with Crippen molar-refractivity contribution in [2.24, 2.45) is 10.9 Å². The zero-order valence-corrected chi connectivity index (χ0v) is 15.1. The van der Waals surface area contributed by atoms with Crippen LogP contribution < -0.4 is 5.49 Å². The van der Waals surface area contributed by atoms with E-state index < -0.39 is 0 Å². The number of hydrogen-bond acceptors (Lipinski definition) is 4. The molecule has 2 N–H and O–H groups in total. The average molecular weight is 355 g/mol. The summed E-state index contributed by atoms with van der Waals surface area (Å²) in [6, 6.07) is 2.07. The van der Waals surface area contributed by atoms with Gasteiger partial charge in [0.2, 0.25) is 0 Å². The Labute approximate surface area is 152 Å². The number of fused-ring (bicyclic) bond motifs is 1. The lowest BCUT2D eigenvalue weighted by Crippen LogP contribution is -2.49. The van der Waals surface area contributed by atoms with E-state index in [9.17, 15) is 4.79 Å². The van der Waals surface area contributed by atoms with Crippen molar-refractivity contribution < 1.29 is 4.79 Å². The summed E-state index contributed by atoms with van der Waals surface area (Å²) in [5.74, 6) is 0.954. The maximum atomic E-state index is 12.8. The summed E-state index contributed by atoms with van der Waals surface area (Å²) in [6.07, 6.45) is 7.50. The number of likely N-dealkylation sites (tertiary alicyclic amines) is 2. The average Bonchev–Trinajstić information content (AvgIpc) is 3.35. The topological polar surface area (TPSA) is 93.4 Å². The normalized spacial score (nSPS) is 21.6. The predicted octanol–water partition coefficient (Wildman–Crippen LogP) is 1.65. The molecule has 4 rings (SSSR count). The van der Waals surface area contributed by atoms with E-state index >= 15 is 0 Å². The Kier molecular flexibility index (Phi) is 4.48. The summed E-state index contributed by atoms with van der Waals surface area (Å²) in [7, 11) is 1.77. The van der Waals surface area contributed by atoms with Gasteiger partial charge in [-0.2, -0.15) is 0 Å². The molecule has 26 heavy (non-hydrogen) atoms. The minimum absolute atomic E-state index is 0.120. The van der Waals surface area contributed by atoms with Gasteiger partial charge in [0, 0.05) is 45.3 Å². The molecule has 0 aliphatic carbocycles. The third kappa shape index (κ3) is 2.89. The molecule has 0 aromatic carbocycles. The predicted molar refractivity (Wildman–Crippen MR) is 99.2 cm³/mol. The first kappa shape index (κ1) is 16.8. The molecule has 4 heterocycles.